The van der Waals surface area contributed by atoms with Gasteiger partial charge in [0.25, 0.3) is 5.91 Å². The van der Waals surface area contributed by atoms with Gasteiger partial charge in [-0.2, -0.15) is 0 Å². The molecule has 1 aromatic heterocycles. The number of rotatable bonds is 9. The SMILES string of the molecule is CC(C)C.CC=N.CCC(C)C(=N)/C(C)=C/C=C\C(NC(=O)c1cc2c(cc1OC)CCN(c1cncnc1)C2)=C(C)C. The van der Waals surface area contributed by atoms with E-state index in [2.05, 4.69) is 54.8 Å². The highest BCUT2D eigenvalue weighted by Gasteiger charge is 2.22. The Hall–Kier alpha value is -4.07. The quantitative estimate of drug-likeness (QED) is 0.203. The molecule has 0 saturated heterocycles. The van der Waals surface area contributed by atoms with Crippen LogP contribution in [0.15, 0.2) is 65.9 Å². The van der Waals surface area contributed by atoms with Crippen LogP contribution >= 0.6 is 0 Å². The third-order valence-electron chi connectivity index (χ3n) is 6.62. The van der Waals surface area contributed by atoms with Gasteiger partial charge in [0.05, 0.1) is 30.8 Å². The van der Waals surface area contributed by atoms with Gasteiger partial charge in [-0.1, -0.05) is 52.3 Å². The predicted molar refractivity (Wildman–Crippen MR) is 181 cm³/mol. The van der Waals surface area contributed by atoms with Crippen LogP contribution in [-0.2, 0) is 13.0 Å². The molecule has 8 heteroatoms. The normalized spacial score (nSPS) is 13.1. The standard InChI is InChI=1S/C29H37N5O2.C4H10.C2H5N/c1-7-20(4)28(30)21(5)9-8-10-26(19(2)3)33-29(35)25-13-23-17-34(24-15-31-18-32-16-24)12-11-22(23)14-27(25)36-6;1-4(2)3;1-2-3/h8-10,13-16,18,20,30H,7,11-12,17H2,1-6H3,(H,33,35);4H,1-3H3;2-3H,1H3/b10-8-,21-9+,30-28?;;. The van der Waals surface area contributed by atoms with Gasteiger partial charge in [-0.15, -0.1) is 0 Å². The zero-order valence-electron chi connectivity index (χ0n) is 27.8. The van der Waals surface area contributed by atoms with Crippen molar-refractivity contribution in [1.29, 1.82) is 10.8 Å². The lowest BCUT2D eigenvalue weighted by atomic mass is 9.96. The number of fused-ring (bicyclic) bond motifs is 1. The number of ether oxygens (including phenoxy) is 1. The van der Waals surface area contributed by atoms with Gasteiger partial charge in [-0.25, -0.2) is 9.97 Å². The summed E-state index contributed by atoms with van der Waals surface area (Å²) in [5.74, 6) is 1.40. The molecule has 3 N–H and O–H groups in total. The Morgan fingerprint density at radius 2 is 1.72 bits per heavy atom. The number of hydrogen-bond acceptors (Lipinski definition) is 7. The average molecular weight is 589 g/mol. The van der Waals surface area contributed by atoms with E-state index in [4.69, 9.17) is 15.6 Å². The summed E-state index contributed by atoms with van der Waals surface area (Å²) in [7, 11) is 1.59. The molecule has 43 heavy (non-hydrogen) atoms. The van der Waals surface area contributed by atoms with Gasteiger partial charge < -0.3 is 25.8 Å². The molecule has 0 saturated carbocycles. The Morgan fingerprint density at radius 3 is 2.26 bits per heavy atom. The van der Waals surface area contributed by atoms with Crippen molar-refractivity contribution < 1.29 is 9.53 Å². The smallest absolute Gasteiger partial charge is 0.259 e. The van der Waals surface area contributed by atoms with Crippen molar-refractivity contribution in [2.75, 3.05) is 18.6 Å². The summed E-state index contributed by atoms with van der Waals surface area (Å²) in [4.78, 5) is 23.8. The minimum absolute atomic E-state index is 0.219. The highest BCUT2D eigenvalue weighted by Crippen LogP contribution is 2.30. The molecule has 1 amide bonds. The van der Waals surface area contributed by atoms with Gasteiger partial charge in [0, 0.05) is 24.5 Å². The van der Waals surface area contributed by atoms with Crippen LogP contribution < -0.4 is 15.0 Å². The maximum Gasteiger partial charge on any atom is 0.259 e. The van der Waals surface area contributed by atoms with E-state index in [0.717, 1.165) is 53.4 Å². The van der Waals surface area contributed by atoms with E-state index in [9.17, 15) is 4.79 Å². The zero-order chi connectivity index (χ0) is 32.5. The van der Waals surface area contributed by atoms with Crippen LogP contribution in [0.1, 0.15) is 90.2 Å². The lowest BCUT2D eigenvalue weighted by molar-refractivity contribution is 0.0963. The van der Waals surface area contributed by atoms with E-state index in [1.807, 2.05) is 63.5 Å². The molecule has 2 heterocycles. The summed E-state index contributed by atoms with van der Waals surface area (Å²) in [5.41, 5.74) is 7.00. The first-order chi connectivity index (χ1) is 20.4. The summed E-state index contributed by atoms with van der Waals surface area (Å²) < 4.78 is 5.60. The largest absolute Gasteiger partial charge is 0.496 e. The molecule has 234 valence electrons. The van der Waals surface area contributed by atoms with Crippen LogP contribution in [0.3, 0.4) is 0 Å². The number of carbonyl (C=O) groups is 1. The molecule has 0 aliphatic carbocycles. The number of benzene rings is 1. The van der Waals surface area contributed by atoms with Gasteiger partial charge >= 0.3 is 0 Å². The van der Waals surface area contributed by atoms with Crippen LogP contribution in [0.5, 0.6) is 5.75 Å². The van der Waals surface area contributed by atoms with Crippen LogP contribution in [0.25, 0.3) is 0 Å². The summed E-state index contributed by atoms with van der Waals surface area (Å²) in [6, 6.07) is 3.91. The topological polar surface area (TPSA) is 115 Å². The minimum atomic E-state index is -0.219. The minimum Gasteiger partial charge on any atom is -0.496 e. The fourth-order valence-corrected chi connectivity index (χ4v) is 4.10. The van der Waals surface area contributed by atoms with Crippen molar-refractivity contribution >= 4 is 23.5 Å². The highest BCUT2D eigenvalue weighted by atomic mass is 16.5. The fraction of sp³-hybridized carbons (Fsp3) is 0.457. The molecule has 3 rings (SSSR count). The number of aromatic nitrogens is 2. The van der Waals surface area contributed by atoms with Crippen molar-refractivity contribution in [3.8, 4) is 5.75 Å². The molecule has 1 atom stereocenters. The van der Waals surface area contributed by atoms with E-state index in [1.165, 1.54) is 18.1 Å². The van der Waals surface area contributed by atoms with E-state index in [-0.39, 0.29) is 11.8 Å². The first-order valence-corrected chi connectivity index (χ1v) is 15.0. The number of amides is 1. The predicted octanol–water partition coefficient (Wildman–Crippen LogP) is 7.96. The lowest BCUT2D eigenvalue weighted by Gasteiger charge is -2.31. The molecule has 0 bridgehead atoms. The van der Waals surface area contributed by atoms with Crippen molar-refractivity contribution in [3.05, 3.63) is 82.6 Å². The lowest BCUT2D eigenvalue weighted by Crippen LogP contribution is -2.31. The third-order valence-corrected chi connectivity index (χ3v) is 6.62. The van der Waals surface area contributed by atoms with Crippen LogP contribution in [0, 0.1) is 22.7 Å². The monoisotopic (exact) mass is 588 g/mol. The van der Waals surface area contributed by atoms with E-state index < -0.39 is 0 Å². The number of anilines is 1. The van der Waals surface area contributed by atoms with Gasteiger partial charge in [-0.3, -0.25) is 4.79 Å². The molecule has 1 aromatic carbocycles. The first-order valence-electron chi connectivity index (χ1n) is 15.0. The fourth-order valence-electron chi connectivity index (χ4n) is 4.10. The Morgan fingerprint density at radius 1 is 1.12 bits per heavy atom. The van der Waals surface area contributed by atoms with E-state index >= 15 is 0 Å². The summed E-state index contributed by atoms with van der Waals surface area (Å²) in [6.07, 6.45) is 13.9. The van der Waals surface area contributed by atoms with Crippen LogP contribution in [0.2, 0.25) is 0 Å². The zero-order valence-corrected chi connectivity index (χ0v) is 27.8. The van der Waals surface area contributed by atoms with Gasteiger partial charge in [-0.05, 0) is 93.5 Å². The summed E-state index contributed by atoms with van der Waals surface area (Å²) in [5, 5.41) is 17.4. The van der Waals surface area contributed by atoms with Crippen LogP contribution in [0.4, 0.5) is 5.69 Å². The maximum atomic E-state index is 13.4. The van der Waals surface area contributed by atoms with Gasteiger partial charge in [0.15, 0.2) is 0 Å². The molecule has 1 aliphatic heterocycles. The Bertz CT molecular complexity index is 1290. The van der Waals surface area contributed by atoms with E-state index in [1.54, 1.807) is 14.0 Å². The van der Waals surface area contributed by atoms with Crippen molar-refractivity contribution in [3.63, 3.8) is 0 Å². The number of allylic oxidation sites excluding steroid dienone is 5. The highest BCUT2D eigenvalue weighted by molar-refractivity contribution is 5.99. The number of hydrogen-bond donors (Lipinski definition) is 3. The van der Waals surface area contributed by atoms with Crippen LogP contribution in [-0.4, -0.2) is 41.5 Å². The summed E-state index contributed by atoms with van der Waals surface area (Å²) in [6.45, 7) is 19.7. The second kappa shape index (κ2) is 19.2. The number of nitrogens with one attached hydrogen (secondary N) is 3. The molecule has 0 spiro atoms. The van der Waals surface area contributed by atoms with Crippen molar-refractivity contribution in [2.24, 2.45) is 11.8 Å². The first kappa shape index (κ1) is 37.0. The summed E-state index contributed by atoms with van der Waals surface area (Å²) >= 11 is 0. The molecule has 2 aromatic rings. The number of carbonyl (C=O) groups excluding carboxylic acids is 1. The van der Waals surface area contributed by atoms with Gasteiger partial charge in [0.2, 0.25) is 0 Å². The second-order valence-corrected chi connectivity index (χ2v) is 11.4. The molecular formula is C35H52N6O2. The third kappa shape index (κ3) is 12.4. The Labute approximate surface area is 259 Å². The van der Waals surface area contributed by atoms with Crippen molar-refractivity contribution in [1.82, 2.24) is 15.3 Å². The average Bonchev–Trinajstić information content (AvgIpc) is 2.99. The molecular weight excluding hydrogens is 536 g/mol. The molecule has 0 fully saturated rings. The number of nitrogens with zero attached hydrogens (tertiary/aromatic N) is 3. The van der Waals surface area contributed by atoms with E-state index in [0.29, 0.717) is 23.6 Å². The second-order valence-electron chi connectivity index (χ2n) is 11.4. The number of methoxy groups -OCH3 is 1. The molecule has 0 radical (unpaired) electrons. The maximum absolute atomic E-state index is 13.4. The van der Waals surface area contributed by atoms with Crippen molar-refractivity contribution in [2.45, 2.75) is 81.7 Å². The molecule has 8 nitrogen and oxygen atoms in total. The Kier molecular flexibility index (Phi) is 16.5. The van der Waals surface area contributed by atoms with Gasteiger partial charge in [0.1, 0.15) is 12.1 Å². The molecule has 1 unspecified atom stereocenters. The molecule has 1 aliphatic rings. The Balaban J connectivity index is 0.00000119.